The molecule has 0 bridgehead atoms. The molecule has 0 unspecified atom stereocenters. The van der Waals surface area contributed by atoms with Crippen molar-refractivity contribution in [3.8, 4) is 0 Å². The van der Waals surface area contributed by atoms with Crippen LogP contribution in [0, 0.1) is 0 Å². The third-order valence-electron chi connectivity index (χ3n) is 2.85. The van der Waals surface area contributed by atoms with Crippen LogP contribution in [0.2, 0.25) is 0 Å². The monoisotopic (exact) mass is 370 g/mol. The van der Waals surface area contributed by atoms with Gasteiger partial charge in [-0.05, 0) is 17.7 Å². The molecule has 0 spiro atoms. The fraction of sp³-hybridized carbons (Fsp3) is 0.231. The van der Waals surface area contributed by atoms with Crippen LogP contribution in [0.15, 0.2) is 46.0 Å². The molecule has 8 heteroatoms. The van der Waals surface area contributed by atoms with Crippen LogP contribution in [0.5, 0.6) is 0 Å². The maximum atomic E-state index is 12.4. The van der Waals surface area contributed by atoms with Gasteiger partial charge >= 0.3 is 0 Å². The minimum atomic E-state index is -3.61. The summed E-state index contributed by atoms with van der Waals surface area (Å²) in [6.07, 6.45) is 2.59. The van der Waals surface area contributed by atoms with E-state index in [0.29, 0.717) is 5.95 Å². The lowest BCUT2D eigenvalue weighted by Gasteiger charge is -2.17. The van der Waals surface area contributed by atoms with Crippen LogP contribution < -0.4 is 5.32 Å². The highest BCUT2D eigenvalue weighted by Gasteiger charge is 2.21. The molecule has 1 aromatic carbocycles. The number of nitrogens with zero attached hydrogens (tertiary/aromatic N) is 3. The van der Waals surface area contributed by atoms with Crippen LogP contribution >= 0.6 is 15.9 Å². The van der Waals surface area contributed by atoms with Crippen molar-refractivity contribution in [3.05, 3.63) is 46.7 Å². The Morgan fingerprint density at radius 1 is 1.29 bits per heavy atom. The highest BCUT2D eigenvalue weighted by Crippen LogP contribution is 2.18. The number of hydrogen-bond donors (Lipinski definition) is 1. The van der Waals surface area contributed by atoms with Crippen LogP contribution in [0.3, 0.4) is 0 Å². The first-order valence-corrected chi connectivity index (χ1v) is 8.37. The lowest BCUT2D eigenvalue weighted by Crippen LogP contribution is -2.26. The second-order valence-electron chi connectivity index (χ2n) is 4.38. The van der Waals surface area contributed by atoms with Crippen molar-refractivity contribution in [1.82, 2.24) is 14.3 Å². The van der Waals surface area contributed by atoms with E-state index in [2.05, 4.69) is 31.2 Å². The third-order valence-corrected chi connectivity index (χ3v) is 5.10. The van der Waals surface area contributed by atoms with Gasteiger partial charge in [-0.15, -0.1) is 0 Å². The van der Waals surface area contributed by atoms with Gasteiger partial charge in [-0.3, -0.25) is 0 Å². The van der Waals surface area contributed by atoms with E-state index in [9.17, 15) is 8.42 Å². The van der Waals surface area contributed by atoms with Gasteiger partial charge in [-0.2, -0.15) is 4.31 Å². The van der Waals surface area contributed by atoms with Crippen molar-refractivity contribution in [2.24, 2.45) is 0 Å². The summed E-state index contributed by atoms with van der Waals surface area (Å²) >= 11 is 3.37. The summed E-state index contributed by atoms with van der Waals surface area (Å²) in [7, 11) is -0.410. The van der Waals surface area contributed by atoms with E-state index in [-0.39, 0.29) is 11.4 Å². The molecule has 112 valence electrons. The fourth-order valence-electron chi connectivity index (χ4n) is 1.74. The summed E-state index contributed by atoms with van der Waals surface area (Å²) in [4.78, 5) is 7.93. The van der Waals surface area contributed by atoms with Gasteiger partial charge in [0.05, 0.1) is 12.4 Å². The minimum Gasteiger partial charge on any atom is -0.357 e. The molecule has 0 saturated carbocycles. The molecule has 0 fully saturated rings. The average Bonchev–Trinajstić information content (AvgIpc) is 2.47. The molecule has 1 N–H and O–H groups in total. The van der Waals surface area contributed by atoms with E-state index in [1.54, 1.807) is 7.05 Å². The van der Waals surface area contributed by atoms with Crippen molar-refractivity contribution < 1.29 is 8.42 Å². The molecule has 0 radical (unpaired) electrons. The molecule has 0 saturated heterocycles. The summed E-state index contributed by atoms with van der Waals surface area (Å²) in [5.74, 6) is 0.378. The van der Waals surface area contributed by atoms with Gasteiger partial charge in [0.25, 0.3) is 0 Å². The molecule has 0 aliphatic rings. The Morgan fingerprint density at radius 3 is 2.52 bits per heavy atom. The van der Waals surface area contributed by atoms with Crippen molar-refractivity contribution in [2.45, 2.75) is 11.4 Å². The molecular weight excluding hydrogens is 356 g/mol. The van der Waals surface area contributed by atoms with Gasteiger partial charge in [0, 0.05) is 25.1 Å². The number of rotatable bonds is 5. The summed E-state index contributed by atoms with van der Waals surface area (Å²) in [6.45, 7) is 0.273. The van der Waals surface area contributed by atoms with Gasteiger partial charge in [0.1, 0.15) is 4.90 Å². The summed E-state index contributed by atoms with van der Waals surface area (Å²) < 4.78 is 27.0. The second-order valence-corrected chi connectivity index (χ2v) is 7.34. The smallest absolute Gasteiger partial charge is 0.246 e. The van der Waals surface area contributed by atoms with E-state index < -0.39 is 10.0 Å². The number of halogens is 1. The van der Waals surface area contributed by atoms with Crippen LogP contribution in [0.4, 0.5) is 5.95 Å². The zero-order valence-electron chi connectivity index (χ0n) is 11.6. The highest BCUT2D eigenvalue weighted by atomic mass is 79.9. The number of hydrogen-bond acceptors (Lipinski definition) is 5. The summed E-state index contributed by atoms with van der Waals surface area (Å²) in [5, 5.41) is 2.75. The van der Waals surface area contributed by atoms with Gasteiger partial charge in [0.15, 0.2) is 0 Å². The Morgan fingerprint density at radius 2 is 1.95 bits per heavy atom. The Kier molecular flexibility index (Phi) is 4.92. The van der Waals surface area contributed by atoms with Crippen LogP contribution in [0.25, 0.3) is 0 Å². The lowest BCUT2D eigenvalue weighted by molar-refractivity contribution is 0.466. The summed E-state index contributed by atoms with van der Waals surface area (Å²) in [5.41, 5.74) is 0.892. The Bertz CT molecular complexity index is 719. The number of nitrogens with one attached hydrogen (secondary N) is 1. The topological polar surface area (TPSA) is 75.2 Å². The van der Waals surface area contributed by atoms with Crippen LogP contribution in [-0.2, 0) is 16.6 Å². The predicted octanol–water partition coefficient (Wildman–Crippen LogP) is 2.10. The summed E-state index contributed by atoms with van der Waals surface area (Å²) in [6, 6.07) is 7.51. The Hall–Kier alpha value is -1.51. The molecular formula is C13H15BrN4O2S. The standard InChI is InChI=1S/C13H15BrN4O2S/c1-15-13-16-7-12(8-17-13)21(19,20)18(2)9-10-4-3-5-11(14)6-10/h3-8H,9H2,1-2H3,(H,15,16,17). The Labute approximate surface area is 132 Å². The van der Waals surface area contributed by atoms with Gasteiger partial charge in [-0.25, -0.2) is 18.4 Å². The van der Waals surface area contributed by atoms with Crippen molar-refractivity contribution in [2.75, 3.05) is 19.4 Å². The van der Waals surface area contributed by atoms with Crippen molar-refractivity contribution in [1.29, 1.82) is 0 Å². The van der Waals surface area contributed by atoms with Crippen molar-refractivity contribution in [3.63, 3.8) is 0 Å². The minimum absolute atomic E-state index is 0.0685. The number of benzene rings is 1. The molecule has 0 aliphatic carbocycles. The van der Waals surface area contributed by atoms with E-state index in [4.69, 9.17) is 0 Å². The van der Waals surface area contributed by atoms with Crippen LogP contribution in [-0.4, -0.2) is 36.8 Å². The van der Waals surface area contributed by atoms with E-state index in [1.807, 2.05) is 24.3 Å². The molecule has 0 amide bonds. The molecule has 0 atom stereocenters. The molecule has 6 nitrogen and oxygen atoms in total. The SMILES string of the molecule is CNc1ncc(S(=O)(=O)N(C)Cc2cccc(Br)c2)cn1. The zero-order chi connectivity index (χ0) is 15.5. The largest absolute Gasteiger partial charge is 0.357 e. The number of sulfonamides is 1. The van der Waals surface area contributed by atoms with Gasteiger partial charge in [-0.1, -0.05) is 28.1 Å². The van der Waals surface area contributed by atoms with Crippen molar-refractivity contribution >= 4 is 31.9 Å². The first-order valence-electron chi connectivity index (χ1n) is 6.14. The number of aromatic nitrogens is 2. The van der Waals surface area contributed by atoms with E-state index in [0.717, 1.165) is 10.0 Å². The zero-order valence-corrected chi connectivity index (χ0v) is 14.0. The van der Waals surface area contributed by atoms with Gasteiger partial charge < -0.3 is 5.32 Å². The second kappa shape index (κ2) is 6.50. The normalized spacial score (nSPS) is 11.6. The molecule has 1 aromatic heterocycles. The fourth-order valence-corrected chi connectivity index (χ4v) is 3.23. The first kappa shape index (κ1) is 15.9. The predicted molar refractivity (Wildman–Crippen MR) is 84.4 cm³/mol. The molecule has 2 aromatic rings. The number of anilines is 1. The molecule has 0 aliphatic heterocycles. The quantitative estimate of drug-likeness (QED) is 0.871. The maximum Gasteiger partial charge on any atom is 0.246 e. The third kappa shape index (κ3) is 3.78. The molecule has 1 heterocycles. The van der Waals surface area contributed by atoms with Gasteiger partial charge in [0.2, 0.25) is 16.0 Å². The van der Waals surface area contributed by atoms with Crippen LogP contribution in [0.1, 0.15) is 5.56 Å². The lowest BCUT2D eigenvalue weighted by atomic mass is 10.2. The van der Waals surface area contributed by atoms with E-state index in [1.165, 1.54) is 23.7 Å². The molecule has 2 rings (SSSR count). The molecule has 21 heavy (non-hydrogen) atoms. The maximum absolute atomic E-state index is 12.4. The van der Waals surface area contributed by atoms with E-state index >= 15 is 0 Å². The Balaban J connectivity index is 2.21. The highest BCUT2D eigenvalue weighted by molar-refractivity contribution is 9.10. The first-order chi connectivity index (χ1) is 9.93. The average molecular weight is 371 g/mol.